The second-order valence-electron chi connectivity index (χ2n) is 2.35. The van der Waals surface area contributed by atoms with Crippen molar-refractivity contribution >= 4 is 5.69 Å². The number of halogens is 1. The molecule has 1 rings (SSSR count). The Bertz CT molecular complexity index is 223. The van der Waals surface area contributed by atoms with Crippen LogP contribution < -0.4 is 23.3 Å². The minimum absolute atomic E-state index is 0. The Kier molecular flexibility index (Phi) is 5.17. The molecule has 12 heavy (non-hydrogen) atoms. The number of rotatable bonds is 3. The molecule has 0 saturated carbocycles. The van der Waals surface area contributed by atoms with Gasteiger partial charge in [-0.15, -0.1) is 6.58 Å². The summed E-state index contributed by atoms with van der Waals surface area (Å²) in [5.41, 5.74) is 1.12. The van der Waals surface area contributed by atoms with Crippen molar-refractivity contribution in [1.29, 1.82) is 0 Å². The third-order valence-corrected chi connectivity index (χ3v) is 1.47. The second-order valence-corrected chi connectivity index (χ2v) is 2.35. The summed E-state index contributed by atoms with van der Waals surface area (Å²) < 4.78 is 0. The first-order valence-electron chi connectivity index (χ1n) is 3.58. The molecule has 2 nitrogen and oxygen atoms in total. The van der Waals surface area contributed by atoms with E-state index in [0.717, 1.165) is 12.2 Å². The van der Waals surface area contributed by atoms with Gasteiger partial charge < -0.3 is 12.4 Å². The third kappa shape index (κ3) is 2.95. The molecule has 1 aromatic rings. The molecule has 0 saturated heterocycles. The van der Waals surface area contributed by atoms with Crippen molar-refractivity contribution in [2.45, 2.75) is 0 Å². The number of anilines is 1. The molecule has 0 aromatic heterocycles. The molecule has 0 fully saturated rings. The highest BCUT2D eigenvalue weighted by atomic mass is 35.5. The minimum atomic E-state index is 0. The Morgan fingerprint density at radius 2 is 1.92 bits per heavy atom. The molecular weight excluding hydrogens is 172 g/mol. The maximum absolute atomic E-state index is 3.86. The molecule has 0 aliphatic rings. The lowest BCUT2D eigenvalue weighted by atomic mass is 10.3. The highest BCUT2D eigenvalue weighted by molar-refractivity contribution is 5.42. The number of hydrogen-bond donors (Lipinski definition) is 1. The fourth-order valence-electron chi connectivity index (χ4n) is 0.900. The zero-order valence-corrected chi connectivity index (χ0v) is 7.67. The van der Waals surface area contributed by atoms with Crippen molar-refractivity contribution in [3.8, 4) is 0 Å². The molecule has 0 atom stereocenters. The summed E-state index contributed by atoms with van der Waals surface area (Å²) in [6, 6.07) is 10.0. The highest BCUT2D eigenvalue weighted by Crippen LogP contribution is 2.06. The Labute approximate surface area is 79.1 Å². The van der Waals surface area contributed by atoms with Crippen molar-refractivity contribution in [3.63, 3.8) is 0 Å². The SMILES string of the molecule is C=CCN([NH3+])c1ccccc1.[Cl-]. The lowest BCUT2D eigenvalue weighted by molar-refractivity contribution is -0.383. The van der Waals surface area contributed by atoms with Gasteiger partial charge in [-0.1, -0.05) is 24.3 Å². The van der Waals surface area contributed by atoms with Crippen LogP contribution in [-0.2, 0) is 0 Å². The van der Waals surface area contributed by atoms with E-state index in [4.69, 9.17) is 0 Å². The molecule has 0 heterocycles. The number of nitrogens with zero attached hydrogens (tertiary/aromatic N) is 1. The standard InChI is InChI=1S/C9H12N2.ClH/c1-2-8-11(10)9-6-4-3-5-7-9;/h2-7H,1,8,10H2;1H. The lowest BCUT2D eigenvalue weighted by Crippen LogP contribution is -3.00. The molecule has 0 radical (unpaired) electrons. The summed E-state index contributed by atoms with van der Waals surface area (Å²) in [7, 11) is 0. The fourth-order valence-corrected chi connectivity index (χ4v) is 0.900. The molecule has 0 amide bonds. The van der Waals surface area contributed by atoms with Gasteiger partial charge in [-0.25, -0.2) is 5.01 Å². The zero-order chi connectivity index (χ0) is 8.10. The molecule has 3 heteroatoms. The van der Waals surface area contributed by atoms with Gasteiger partial charge in [-0.05, 0) is 12.1 Å². The first-order chi connectivity index (χ1) is 5.34. The van der Waals surface area contributed by atoms with E-state index < -0.39 is 0 Å². The largest absolute Gasteiger partial charge is 1.00 e. The van der Waals surface area contributed by atoms with E-state index in [1.54, 1.807) is 0 Å². The quantitative estimate of drug-likeness (QED) is 0.421. The van der Waals surface area contributed by atoms with E-state index in [0.29, 0.717) is 0 Å². The van der Waals surface area contributed by atoms with E-state index in [1.165, 1.54) is 0 Å². The monoisotopic (exact) mass is 184 g/mol. The molecule has 0 bridgehead atoms. The molecule has 0 spiro atoms. The Balaban J connectivity index is 0.00000121. The van der Waals surface area contributed by atoms with Gasteiger partial charge in [0.1, 0.15) is 0 Å². The smallest absolute Gasteiger partial charge is 0.0882 e. The van der Waals surface area contributed by atoms with Gasteiger partial charge in [0.15, 0.2) is 0 Å². The van der Waals surface area contributed by atoms with Gasteiger partial charge in [0.2, 0.25) is 0 Å². The van der Waals surface area contributed by atoms with Gasteiger partial charge >= 0.3 is 0 Å². The lowest BCUT2D eigenvalue weighted by Gasteiger charge is -2.11. The maximum atomic E-state index is 3.86. The molecule has 1 aromatic carbocycles. The van der Waals surface area contributed by atoms with Crippen LogP contribution in [0.15, 0.2) is 43.0 Å². The van der Waals surface area contributed by atoms with E-state index >= 15 is 0 Å². The highest BCUT2D eigenvalue weighted by Gasteiger charge is 1.98. The van der Waals surface area contributed by atoms with Crippen LogP contribution in [0.1, 0.15) is 0 Å². The van der Waals surface area contributed by atoms with Crippen molar-refractivity contribution in [2.24, 2.45) is 0 Å². The number of hydrogen-bond acceptors (Lipinski definition) is 1. The van der Waals surface area contributed by atoms with Crippen LogP contribution in [0.4, 0.5) is 5.69 Å². The summed E-state index contributed by atoms with van der Waals surface area (Å²) in [5.74, 6) is 3.86. The summed E-state index contributed by atoms with van der Waals surface area (Å²) in [4.78, 5) is 0. The average Bonchev–Trinajstić information content (AvgIpc) is 2.07. The average molecular weight is 185 g/mol. The van der Waals surface area contributed by atoms with Gasteiger partial charge in [0, 0.05) is 0 Å². The first-order valence-corrected chi connectivity index (χ1v) is 3.58. The second kappa shape index (κ2) is 5.63. The number of quaternary nitrogens is 1. The van der Waals surface area contributed by atoms with Crippen LogP contribution in [-0.4, -0.2) is 6.54 Å². The van der Waals surface area contributed by atoms with Crippen molar-refractivity contribution in [3.05, 3.63) is 43.0 Å². The van der Waals surface area contributed by atoms with Crippen LogP contribution in [0.5, 0.6) is 0 Å². The summed E-state index contributed by atoms with van der Waals surface area (Å²) >= 11 is 0. The fraction of sp³-hybridized carbons (Fsp3) is 0.111. The zero-order valence-electron chi connectivity index (χ0n) is 6.91. The first kappa shape index (κ1) is 11.0. The number of benzene rings is 1. The number of para-hydroxylation sites is 1. The predicted molar refractivity (Wildman–Crippen MR) is 46.9 cm³/mol. The maximum Gasteiger partial charge on any atom is 0.0882 e. The Morgan fingerprint density at radius 1 is 1.33 bits per heavy atom. The molecule has 3 N–H and O–H groups in total. The summed E-state index contributed by atoms with van der Waals surface area (Å²) in [6.07, 6.45) is 1.83. The van der Waals surface area contributed by atoms with E-state index in [9.17, 15) is 0 Å². The summed E-state index contributed by atoms with van der Waals surface area (Å²) in [6.45, 7) is 4.43. The molecule has 66 valence electrons. The molecular formula is C9H13ClN2. The molecule has 0 aliphatic carbocycles. The normalized spacial score (nSPS) is 8.42. The van der Waals surface area contributed by atoms with Gasteiger partial charge in [0.25, 0.3) is 0 Å². The van der Waals surface area contributed by atoms with Gasteiger partial charge in [0.05, 0.1) is 12.2 Å². The molecule has 0 aliphatic heterocycles. The summed E-state index contributed by atoms with van der Waals surface area (Å²) in [5, 5.41) is 1.90. The Hall–Kier alpha value is -0.990. The van der Waals surface area contributed by atoms with Crippen molar-refractivity contribution in [1.82, 2.24) is 0 Å². The molecule has 0 unspecified atom stereocenters. The van der Waals surface area contributed by atoms with Crippen LogP contribution in [0.25, 0.3) is 0 Å². The van der Waals surface area contributed by atoms with Crippen molar-refractivity contribution < 1.29 is 18.2 Å². The van der Waals surface area contributed by atoms with Crippen LogP contribution in [0, 0.1) is 0 Å². The van der Waals surface area contributed by atoms with Crippen LogP contribution in [0.2, 0.25) is 0 Å². The van der Waals surface area contributed by atoms with Crippen LogP contribution >= 0.6 is 0 Å². The van der Waals surface area contributed by atoms with Gasteiger partial charge in [-0.3, -0.25) is 5.84 Å². The van der Waals surface area contributed by atoms with E-state index in [-0.39, 0.29) is 12.4 Å². The predicted octanol–water partition coefficient (Wildman–Crippen LogP) is -2.16. The van der Waals surface area contributed by atoms with E-state index in [1.807, 2.05) is 41.4 Å². The topological polar surface area (TPSA) is 30.9 Å². The van der Waals surface area contributed by atoms with Crippen molar-refractivity contribution in [2.75, 3.05) is 11.6 Å². The van der Waals surface area contributed by atoms with E-state index in [2.05, 4.69) is 12.4 Å². The van der Waals surface area contributed by atoms with Crippen LogP contribution in [0.3, 0.4) is 0 Å². The Morgan fingerprint density at radius 3 is 2.42 bits per heavy atom. The van der Waals surface area contributed by atoms with Gasteiger partial charge in [-0.2, -0.15) is 0 Å². The minimum Gasteiger partial charge on any atom is -1.00 e. The third-order valence-electron chi connectivity index (χ3n) is 1.47.